The molecule has 1 N–H and O–H groups in total. The largest absolute Gasteiger partial charge is 0.294 e. The maximum Gasteiger partial charge on any atom is 0.256 e. The molecular formula is C8H10N6O. The average molecular weight is 206 g/mol. The maximum atomic E-state index is 11.4. The van der Waals surface area contributed by atoms with Crippen molar-refractivity contribution in [2.75, 3.05) is 5.32 Å². The first-order valence-corrected chi connectivity index (χ1v) is 4.50. The van der Waals surface area contributed by atoms with E-state index in [1.54, 1.807) is 13.8 Å². The van der Waals surface area contributed by atoms with E-state index in [9.17, 15) is 4.79 Å². The molecule has 78 valence electrons. The summed E-state index contributed by atoms with van der Waals surface area (Å²) in [7, 11) is 0. The molecule has 0 bridgehead atoms. The minimum atomic E-state index is -0.120. The molecule has 0 aliphatic rings. The summed E-state index contributed by atoms with van der Waals surface area (Å²) in [6.07, 6.45) is 2.69. The van der Waals surface area contributed by atoms with Crippen molar-refractivity contribution < 1.29 is 4.79 Å². The van der Waals surface area contributed by atoms with Crippen LogP contribution in [0.4, 0.5) is 5.95 Å². The second kappa shape index (κ2) is 3.60. The van der Waals surface area contributed by atoms with Gasteiger partial charge in [-0.15, -0.1) is 0 Å². The maximum absolute atomic E-state index is 11.4. The monoisotopic (exact) mass is 206 g/mol. The summed E-state index contributed by atoms with van der Waals surface area (Å²) in [5.74, 6) is 0.504. The summed E-state index contributed by atoms with van der Waals surface area (Å²) < 4.78 is 1.38. The van der Waals surface area contributed by atoms with Gasteiger partial charge in [-0.2, -0.15) is 19.6 Å². The number of anilines is 1. The number of fused-ring (bicyclic) bond motifs is 1. The van der Waals surface area contributed by atoms with Gasteiger partial charge in [0.15, 0.2) is 0 Å². The zero-order chi connectivity index (χ0) is 10.8. The standard InChI is InChI=1S/C8H10N6O/c1-5(2)6(15)13-8-10-3-9-7-11-4-12-14(7)8/h3-5H,1-2H3,(H,9,10,11,12,13,15). The van der Waals surface area contributed by atoms with E-state index in [1.807, 2.05) is 0 Å². The normalized spacial score (nSPS) is 10.9. The summed E-state index contributed by atoms with van der Waals surface area (Å²) in [5.41, 5.74) is 0. The van der Waals surface area contributed by atoms with Crippen molar-refractivity contribution in [2.45, 2.75) is 13.8 Å². The van der Waals surface area contributed by atoms with Crippen LogP contribution < -0.4 is 5.32 Å². The van der Waals surface area contributed by atoms with Crippen molar-refractivity contribution in [3.8, 4) is 0 Å². The number of hydrogen-bond acceptors (Lipinski definition) is 5. The van der Waals surface area contributed by atoms with E-state index in [0.29, 0.717) is 11.7 Å². The molecule has 15 heavy (non-hydrogen) atoms. The molecule has 1 amide bonds. The highest BCUT2D eigenvalue weighted by Gasteiger charge is 2.11. The minimum Gasteiger partial charge on any atom is -0.294 e. The van der Waals surface area contributed by atoms with Crippen LogP contribution in [-0.2, 0) is 4.79 Å². The first kappa shape index (κ1) is 9.50. The quantitative estimate of drug-likeness (QED) is 0.754. The highest BCUT2D eigenvalue weighted by atomic mass is 16.2. The first-order chi connectivity index (χ1) is 7.18. The Balaban J connectivity index is 2.35. The Bertz CT molecular complexity index is 491. The van der Waals surface area contributed by atoms with Gasteiger partial charge in [0.2, 0.25) is 11.9 Å². The van der Waals surface area contributed by atoms with E-state index < -0.39 is 0 Å². The van der Waals surface area contributed by atoms with Crippen LogP contribution >= 0.6 is 0 Å². The van der Waals surface area contributed by atoms with E-state index in [4.69, 9.17) is 0 Å². The third-order valence-electron chi connectivity index (χ3n) is 1.84. The summed E-state index contributed by atoms with van der Waals surface area (Å²) in [4.78, 5) is 23.1. The van der Waals surface area contributed by atoms with Gasteiger partial charge in [-0.05, 0) is 0 Å². The molecule has 0 radical (unpaired) electrons. The number of nitrogens with one attached hydrogen (secondary N) is 1. The molecule has 7 nitrogen and oxygen atoms in total. The third-order valence-corrected chi connectivity index (χ3v) is 1.84. The van der Waals surface area contributed by atoms with Crippen LogP contribution in [0, 0.1) is 5.92 Å². The van der Waals surface area contributed by atoms with Crippen molar-refractivity contribution in [2.24, 2.45) is 5.92 Å². The average Bonchev–Trinajstić information content (AvgIpc) is 2.66. The molecular weight excluding hydrogens is 196 g/mol. The number of carbonyl (C=O) groups is 1. The molecule has 0 saturated carbocycles. The fourth-order valence-corrected chi connectivity index (χ4v) is 1.00. The lowest BCUT2D eigenvalue weighted by molar-refractivity contribution is -0.118. The second-order valence-corrected chi connectivity index (χ2v) is 3.31. The summed E-state index contributed by atoms with van der Waals surface area (Å²) in [5, 5.41) is 6.54. The van der Waals surface area contributed by atoms with Crippen LogP contribution in [0.5, 0.6) is 0 Å². The summed E-state index contributed by atoms with van der Waals surface area (Å²) in [6.45, 7) is 3.60. The van der Waals surface area contributed by atoms with Crippen LogP contribution in [0.2, 0.25) is 0 Å². The van der Waals surface area contributed by atoms with Crippen molar-refractivity contribution in [3.63, 3.8) is 0 Å². The smallest absolute Gasteiger partial charge is 0.256 e. The number of aromatic nitrogens is 5. The number of nitrogens with zero attached hydrogens (tertiary/aromatic N) is 5. The van der Waals surface area contributed by atoms with Gasteiger partial charge in [-0.1, -0.05) is 13.8 Å². The Kier molecular flexibility index (Phi) is 2.28. The number of amides is 1. The van der Waals surface area contributed by atoms with Crippen LogP contribution in [0.25, 0.3) is 5.78 Å². The van der Waals surface area contributed by atoms with Gasteiger partial charge in [-0.3, -0.25) is 10.1 Å². The van der Waals surface area contributed by atoms with Gasteiger partial charge in [-0.25, -0.2) is 4.98 Å². The minimum absolute atomic E-state index is 0.112. The lowest BCUT2D eigenvalue weighted by Gasteiger charge is -2.06. The number of rotatable bonds is 2. The molecule has 0 saturated heterocycles. The highest BCUT2D eigenvalue weighted by molar-refractivity contribution is 5.90. The van der Waals surface area contributed by atoms with E-state index in [1.165, 1.54) is 17.2 Å². The van der Waals surface area contributed by atoms with E-state index in [2.05, 4.69) is 25.4 Å². The Labute approximate surface area is 85.6 Å². The third kappa shape index (κ3) is 1.76. The van der Waals surface area contributed by atoms with Crippen molar-refractivity contribution in [1.82, 2.24) is 24.6 Å². The Morgan fingerprint density at radius 1 is 1.33 bits per heavy atom. The molecule has 0 atom stereocenters. The lowest BCUT2D eigenvalue weighted by Crippen LogP contribution is -2.20. The molecule has 7 heteroatoms. The van der Waals surface area contributed by atoms with Crippen LogP contribution in [-0.4, -0.2) is 30.5 Å². The van der Waals surface area contributed by atoms with Gasteiger partial charge in [0.25, 0.3) is 5.78 Å². The Morgan fingerprint density at radius 3 is 2.80 bits per heavy atom. The first-order valence-electron chi connectivity index (χ1n) is 4.50. The van der Waals surface area contributed by atoms with E-state index in [-0.39, 0.29) is 11.8 Å². The molecule has 2 rings (SSSR count). The predicted molar refractivity (Wildman–Crippen MR) is 52.0 cm³/mol. The zero-order valence-electron chi connectivity index (χ0n) is 8.38. The van der Waals surface area contributed by atoms with Crippen LogP contribution in [0.15, 0.2) is 12.7 Å². The molecule has 0 unspecified atom stereocenters. The zero-order valence-corrected chi connectivity index (χ0v) is 8.38. The SMILES string of the molecule is CC(C)C(=O)Nc1ncnc2ncnn12. The molecule has 0 aliphatic carbocycles. The van der Waals surface area contributed by atoms with Crippen LogP contribution in [0.1, 0.15) is 13.8 Å². The Hall–Kier alpha value is -2.05. The molecule has 0 spiro atoms. The summed E-state index contributed by atoms with van der Waals surface area (Å²) >= 11 is 0. The fourth-order valence-electron chi connectivity index (χ4n) is 1.00. The predicted octanol–water partition coefficient (Wildman–Crippen LogP) is 0.114. The molecule has 2 heterocycles. The number of hydrogen-bond donors (Lipinski definition) is 1. The van der Waals surface area contributed by atoms with Crippen molar-refractivity contribution in [1.29, 1.82) is 0 Å². The van der Waals surface area contributed by atoms with Crippen LogP contribution in [0.3, 0.4) is 0 Å². The van der Waals surface area contributed by atoms with Gasteiger partial charge in [0.1, 0.15) is 12.7 Å². The van der Waals surface area contributed by atoms with Crippen molar-refractivity contribution in [3.05, 3.63) is 12.7 Å². The van der Waals surface area contributed by atoms with Gasteiger partial charge in [0, 0.05) is 5.92 Å². The summed E-state index contributed by atoms with van der Waals surface area (Å²) in [6, 6.07) is 0. The van der Waals surface area contributed by atoms with Crippen molar-refractivity contribution >= 4 is 17.6 Å². The van der Waals surface area contributed by atoms with E-state index >= 15 is 0 Å². The molecule has 0 aliphatic heterocycles. The molecule has 2 aromatic heterocycles. The van der Waals surface area contributed by atoms with Gasteiger partial charge < -0.3 is 0 Å². The highest BCUT2D eigenvalue weighted by Crippen LogP contribution is 2.04. The second-order valence-electron chi connectivity index (χ2n) is 3.31. The lowest BCUT2D eigenvalue weighted by atomic mass is 10.2. The number of carbonyl (C=O) groups excluding carboxylic acids is 1. The van der Waals surface area contributed by atoms with Gasteiger partial charge in [0.05, 0.1) is 0 Å². The fraction of sp³-hybridized carbons (Fsp3) is 0.375. The molecule has 0 aromatic carbocycles. The molecule has 0 fully saturated rings. The Morgan fingerprint density at radius 2 is 2.07 bits per heavy atom. The topological polar surface area (TPSA) is 85.1 Å². The molecule has 2 aromatic rings. The van der Waals surface area contributed by atoms with Gasteiger partial charge >= 0.3 is 0 Å². The van der Waals surface area contributed by atoms with E-state index in [0.717, 1.165) is 0 Å².